The summed E-state index contributed by atoms with van der Waals surface area (Å²) in [6.45, 7) is 2.46. The van der Waals surface area contributed by atoms with Gasteiger partial charge in [0.15, 0.2) is 0 Å². The molecule has 0 aliphatic carbocycles. The van der Waals surface area contributed by atoms with Crippen molar-refractivity contribution in [2.45, 2.75) is 26.3 Å². The topological polar surface area (TPSA) is 56.2 Å². The Morgan fingerprint density at radius 2 is 1.71 bits per heavy atom. The fourth-order valence-electron chi connectivity index (χ4n) is 3.58. The molecule has 0 aliphatic rings. The number of rotatable bonds is 8. The van der Waals surface area contributed by atoms with Crippen LogP contribution in [0.15, 0.2) is 72.8 Å². The van der Waals surface area contributed by atoms with Crippen molar-refractivity contribution < 1.29 is 9.53 Å². The number of carbonyl (C=O) groups excluding carboxylic acids is 1. The summed E-state index contributed by atoms with van der Waals surface area (Å²) in [6.07, 6.45) is 0.851. The molecular formula is C27H25Cl2N3O2. The molecule has 0 fully saturated rings. The number of nitrogens with zero attached hydrogens (tertiary/aromatic N) is 2. The molecule has 5 nitrogen and oxygen atoms in total. The Kier molecular flexibility index (Phi) is 7.56. The highest BCUT2D eigenvalue weighted by Gasteiger charge is 2.13. The van der Waals surface area contributed by atoms with E-state index in [9.17, 15) is 4.79 Å². The predicted octanol–water partition coefficient (Wildman–Crippen LogP) is 6.41. The molecule has 1 aromatic heterocycles. The first-order chi connectivity index (χ1) is 16.4. The molecule has 0 aliphatic heterocycles. The zero-order valence-corrected chi connectivity index (χ0v) is 20.5. The van der Waals surface area contributed by atoms with Gasteiger partial charge in [0.25, 0.3) is 0 Å². The van der Waals surface area contributed by atoms with E-state index in [1.165, 1.54) is 5.56 Å². The van der Waals surface area contributed by atoms with Crippen LogP contribution in [-0.2, 0) is 17.8 Å². The molecule has 4 aromatic rings. The maximum Gasteiger partial charge on any atom is 0.220 e. The number of halogens is 2. The maximum atomic E-state index is 12.5. The van der Waals surface area contributed by atoms with E-state index in [0.29, 0.717) is 29.4 Å². The lowest BCUT2D eigenvalue weighted by Gasteiger charge is -2.09. The van der Waals surface area contributed by atoms with Crippen molar-refractivity contribution in [2.24, 2.45) is 0 Å². The van der Waals surface area contributed by atoms with Crippen LogP contribution < -0.4 is 10.1 Å². The van der Waals surface area contributed by atoms with Crippen molar-refractivity contribution in [2.75, 3.05) is 7.11 Å². The molecule has 0 atom stereocenters. The first-order valence-corrected chi connectivity index (χ1v) is 11.7. The van der Waals surface area contributed by atoms with E-state index in [1.807, 2.05) is 41.1 Å². The van der Waals surface area contributed by atoms with Crippen LogP contribution in [0.25, 0.3) is 16.9 Å². The van der Waals surface area contributed by atoms with Gasteiger partial charge in [-0.25, -0.2) is 4.68 Å². The fourth-order valence-corrected chi connectivity index (χ4v) is 3.90. The van der Waals surface area contributed by atoms with Gasteiger partial charge in [-0.05, 0) is 55.0 Å². The van der Waals surface area contributed by atoms with E-state index >= 15 is 0 Å². The molecule has 34 heavy (non-hydrogen) atoms. The Hall–Kier alpha value is -3.28. The quantitative estimate of drug-likeness (QED) is 0.308. The zero-order chi connectivity index (χ0) is 24.1. The standard InChI is InChI=1S/C27H25Cl2N3O2/c1-18-3-6-20(7-4-18)26-16-21(31-32(26)22-9-11-23(34-2)12-10-22)8-14-27(33)30-17-19-5-13-24(28)25(29)15-19/h3-7,9-13,15-16H,8,14,17H2,1-2H3,(H,30,33). The minimum absolute atomic E-state index is 0.0537. The molecule has 0 bridgehead atoms. The zero-order valence-electron chi connectivity index (χ0n) is 19.0. The minimum atomic E-state index is -0.0537. The highest BCUT2D eigenvalue weighted by molar-refractivity contribution is 6.42. The number of aryl methyl sites for hydroxylation is 2. The largest absolute Gasteiger partial charge is 0.497 e. The van der Waals surface area contributed by atoms with Crippen molar-refractivity contribution in [3.63, 3.8) is 0 Å². The molecule has 0 radical (unpaired) electrons. The van der Waals surface area contributed by atoms with Gasteiger partial charge < -0.3 is 10.1 Å². The minimum Gasteiger partial charge on any atom is -0.497 e. The number of amides is 1. The monoisotopic (exact) mass is 493 g/mol. The first-order valence-electron chi connectivity index (χ1n) is 10.9. The van der Waals surface area contributed by atoms with Crippen molar-refractivity contribution >= 4 is 29.1 Å². The van der Waals surface area contributed by atoms with Gasteiger partial charge in [-0.1, -0.05) is 59.1 Å². The van der Waals surface area contributed by atoms with Crippen LogP contribution in [-0.4, -0.2) is 22.8 Å². The molecule has 0 unspecified atom stereocenters. The molecule has 4 rings (SSSR count). The Labute approximate surface area is 209 Å². The van der Waals surface area contributed by atoms with Gasteiger partial charge in [-0.2, -0.15) is 5.10 Å². The number of ether oxygens (including phenoxy) is 1. The molecule has 3 aromatic carbocycles. The van der Waals surface area contributed by atoms with E-state index < -0.39 is 0 Å². The van der Waals surface area contributed by atoms with Crippen molar-refractivity contribution in [1.29, 1.82) is 0 Å². The second kappa shape index (κ2) is 10.8. The number of aromatic nitrogens is 2. The summed E-state index contributed by atoms with van der Waals surface area (Å²) in [5, 5.41) is 8.71. The second-order valence-electron chi connectivity index (χ2n) is 8.02. The van der Waals surface area contributed by atoms with Crippen LogP contribution in [0.2, 0.25) is 10.0 Å². The van der Waals surface area contributed by atoms with Crippen LogP contribution in [0, 0.1) is 6.92 Å². The molecular weight excluding hydrogens is 469 g/mol. The third kappa shape index (κ3) is 5.79. The van der Waals surface area contributed by atoms with Crippen molar-refractivity contribution in [3.8, 4) is 22.7 Å². The lowest BCUT2D eigenvalue weighted by atomic mass is 10.1. The third-order valence-electron chi connectivity index (χ3n) is 5.51. The normalized spacial score (nSPS) is 10.8. The Morgan fingerprint density at radius 3 is 2.38 bits per heavy atom. The lowest BCUT2D eigenvalue weighted by molar-refractivity contribution is -0.121. The summed E-state index contributed by atoms with van der Waals surface area (Å²) in [4.78, 5) is 12.5. The van der Waals surface area contributed by atoms with E-state index in [0.717, 1.165) is 34.0 Å². The smallest absolute Gasteiger partial charge is 0.220 e. The van der Waals surface area contributed by atoms with Gasteiger partial charge in [0, 0.05) is 24.9 Å². The number of hydrogen-bond acceptors (Lipinski definition) is 3. The molecule has 1 N–H and O–H groups in total. The number of nitrogens with one attached hydrogen (secondary N) is 1. The fraction of sp³-hybridized carbons (Fsp3) is 0.185. The van der Waals surface area contributed by atoms with Gasteiger partial charge in [-0.3, -0.25) is 4.79 Å². The molecule has 0 saturated carbocycles. The summed E-state index contributed by atoms with van der Waals surface area (Å²) < 4.78 is 7.19. The second-order valence-corrected chi connectivity index (χ2v) is 8.84. The highest BCUT2D eigenvalue weighted by Crippen LogP contribution is 2.26. The molecule has 0 saturated heterocycles. The summed E-state index contributed by atoms with van der Waals surface area (Å²) in [5.41, 5.74) is 5.88. The van der Waals surface area contributed by atoms with Crippen LogP contribution in [0.1, 0.15) is 23.2 Å². The summed E-state index contributed by atoms with van der Waals surface area (Å²) in [7, 11) is 1.64. The molecule has 7 heteroatoms. The van der Waals surface area contributed by atoms with Gasteiger partial charge in [0.1, 0.15) is 5.75 Å². The van der Waals surface area contributed by atoms with Gasteiger partial charge in [0.2, 0.25) is 5.91 Å². The van der Waals surface area contributed by atoms with Crippen LogP contribution in [0.5, 0.6) is 5.75 Å². The molecule has 174 valence electrons. The first kappa shape index (κ1) is 23.9. The number of methoxy groups -OCH3 is 1. The van der Waals surface area contributed by atoms with Gasteiger partial charge in [0.05, 0.1) is 34.2 Å². The van der Waals surface area contributed by atoms with Crippen LogP contribution in [0.3, 0.4) is 0 Å². The number of benzene rings is 3. The lowest BCUT2D eigenvalue weighted by Crippen LogP contribution is -2.23. The van der Waals surface area contributed by atoms with Crippen LogP contribution >= 0.6 is 23.2 Å². The molecule has 1 heterocycles. The Bertz CT molecular complexity index is 1280. The molecule has 0 spiro atoms. The van der Waals surface area contributed by atoms with Gasteiger partial charge in [-0.15, -0.1) is 0 Å². The number of hydrogen-bond donors (Lipinski definition) is 1. The average molecular weight is 494 g/mol. The summed E-state index contributed by atoms with van der Waals surface area (Å²) >= 11 is 12.0. The maximum absolute atomic E-state index is 12.5. The number of carbonyl (C=O) groups is 1. The summed E-state index contributed by atoms with van der Waals surface area (Å²) in [6, 6.07) is 23.5. The van der Waals surface area contributed by atoms with Crippen molar-refractivity contribution in [3.05, 3.63) is 99.7 Å². The Morgan fingerprint density at radius 1 is 0.971 bits per heavy atom. The van der Waals surface area contributed by atoms with Crippen molar-refractivity contribution in [1.82, 2.24) is 15.1 Å². The van der Waals surface area contributed by atoms with E-state index in [1.54, 1.807) is 19.2 Å². The molecule has 1 amide bonds. The van der Waals surface area contributed by atoms with Crippen LogP contribution in [0.4, 0.5) is 0 Å². The van der Waals surface area contributed by atoms with E-state index in [2.05, 4.69) is 36.5 Å². The van der Waals surface area contributed by atoms with Gasteiger partial charge >= 0.3 is 0 Å². The van der Waals surface area contributed by atoms with E-state index in [4.69, 9.17) is 33.0 Å². The Balaban J connectivity index is 1.49. The SMILES string of the molecule is COc1ccc(-n2nc(CCC(=O)NCc3ccc(Cl)c(Cl)c3)cc2-c2ccc(C)cc2)cc1. The average Bonchev–Trinajstić information content (AvgIpc) is 3.28. The highest BCUT2D eigenvalue weighted by atomic mass is 35.5. The van der Waals surface area contributed by atoms with E-state index in [-0.39, 0.29) is 5.91 Å². The predicted molar refractivity (Wildman–Crippen MR) is 137 cm³/mol. The summed E-state index contributed by atoms with van der Waals surface area (Å²) in [5.74, 6) is 0.730. The third-order valence-corrected chi connectivity index (χ3v) is 6.25.